The van der Waals surface area contributed by atoms with E-state index in [1.165, 1.54) is 11.8 Å². The van der Waals surface area contributed by atoms with Crippen molar-refractivity contribution >= 4 is 23.4 Å². The standard InChI is InChI=1S/C12H7ClN2S/c13-10-4-5-11(9(7-10)8-14)16-12-3-1-2-6-15-12/h1-7H. The molecule has 0 aliphatic heterocycles. The second-order valence-electron chi connectivity index (χ2n) is 3.02. The number of aromatic nitrogens is 1. The fourth-order valence-electron chi connectivity index (χ4n) is 1.20. The van der Waals surface area contributed by atoms with Crippen LogP contribution in [0.3, 0.4) is 0 Å². The Morgan fingerprint density at radius 3 is 2.81 bits per heavy atom. The lowest BCUT2D eigenvalue weighted by Crippen LogP contribution is -1.83. The third-order valence-corrected chi connectivity index (χ3v) is 3.18. The summed E-state index contributed by atoms with van der Waals surface area (Å²) in [7, 11) is 0. The van der Waals surface area contributed by atoms with E-state index in [1.54, 1.807) is 18.3 Å². The molecule has 0 spiro atoms. The van der Waals surface area contributed by atoms with Crippen LogP contribution >= 0.6 is 23.4 Å². The number of nitrogens with zero attached hydrogens (tertiary/aromatic N) is 2. The van der Waals surface area contributed by atoms with Crippen molar-refractivity contribution in [2.75, 3.05) is 0 Å². The van der Waals surface area contributed by atoms with Gasteiger partial charge in [0.05, 0.1) is 5.56 Å². The molecule has 0 atom stereocenters. The average molecular weight is 247 g/mol. The van der Waals surface area contributed by atoms with E-state index in [2.05, 4.69) is 11.1 Å². The van der Waals surface area contributed by atoms with Crippen LogP contribution in [0.5, 0.6) is 0 Å². The molecule has 1 aromatic carbocycles. The lowest BCUT2D eigenvalue weighted by atomic mass is 10.2. The number of pyridine rings is 1. The highest BCUT2D eigenvalue weighted by Gasteiger charge is 2.05. The molecule has 0 bridgehead atoms. The molecule has 0 aliphatic carbocycles. The largest absolute Gasteiger partial charge is 0.250 e. The van der Waals surface area contributed by atoms with Crippen LogP contribution in [0.25, 0.3) is 0 Å². The van der Waals surface area contributed by atoms with E-state index >= 15 is 0 Å². The molecule has 1 aromatic heterocycles. The first-order chi connectivity index (χ1) is 7.79. The van der Waals surface area contributed by atoms with Gasteiger partial charge in [0, 0.05) is 16.1 Å². The van der Waals surface area contributed by atoms with Gasteiger partial charge < -0.3 is 0 Å². The van der Waals surface area contributed by atoms with Crippen molar-refractivity contribution in [3.05, 3.63) is 53.2 Å². The first-order valence-corrected chi connectivity index (χ1v) is 5.77. The Labute approximate surface area is 103 Å². The maximum Gasteiger partial charge on any atom is 0.101 e. The summed E-state index contributed by atoms with van der Waals surface area (Å²) >= 11 is 7.28. The first kappa shape index (κ1) is 11.0. The SMILES string of the molecule is N#Cc1cc(Cl)ccc1Sc1ccccn1. The molecule has 0 aliphatic rings. The van der Waals surface area contributed by atoms with Gasteiger partial charge in [0.2, 0.25) is 0 Å². The summed E-state index contributed by atoms with van der Waals surface area (Å²) in [5.74, 6) is 0. The molecule has 1 heterocycles. The predicted molar refractivity (Wildman–Crippen MR) is 64.5 cm³/mol. The summed E-state index contributed by atoms with van der Waals surface area (Å²) in [6.45, 7) is 0. The van der Waals surface area contributed by atoms with Gasteiger partial charge in [0.15, 0.2) is 0 Å². The Bertz CT molecular complexity index is 534. The summed E-state index contributed by atoms with van der Waals surface area (Å²) < 4.78 is 0. The van der Waals surface area contributed by atoms with Crippen LogP contribution in [0, 0.1) is 11.3 Å². The van der Waals surface area contributed by atoms with Crippen LogP contribution in [-0.4, -0.2) is 4.98 Å². The van der Waals surface area contributed by atoms with Gasteiger partial charge in [-0.15, -0.1) is 0 Å². The maximum atomic E-state index is 8.98. The molecule has 0 amide bonds. The van der Waals surface area contributed by atoms with Gasteiger partial charge in [-0.1, -0.05) is 29.4 Å². The van der Waals surface area contributed by atoms with Crippen LogP contribution in [0.4, 0.5) is 0 Å². The Hall–Kier alpha value is -1.50. The second-order valence-corrected chi connectivity index (χ2v) is 4.52. The Morgan fingerprint density at radius 2 is 2.12 bits per heavy atom. The molecule has 0 radical (unpaired) electrons. The van der Waals surface area contributed by atoms with Crippen LogP contribution in [0.1, 0.15) is 5.56 Å². The Balaban J connectivity index is 2.32. The lowest BCUT2D eigenvalue weighted by Gasteiger charge is -2.02. The third-order valence-electron chi connectivity index (χ3n) is 1.91. The van der Waals surface area contributed by atoms with Gasteiger partial charge in [-0.3, -0.25) is 0 Å². The minimum Gasteiger partial charge on any atom is -0.250 e. The number of halogens is 1. The van der Waals surface area contributed by atoms with E-state index in [9.17, 15) is 0 Å². The van der Waals surface area contributed by atoms with Gasteiger partial charge in [-0.2, -0.15) is 5.26 Å². The first-order valence-electron chi connectivity index (χ1n) is 4.58. The van der Waals surface area contributed by atoms with E-state index in [0.29, 0.717) is 10.6 Å². The molecular weight excluding hydrogens is 240 g/mol. The number of hydrogen-bond donors (Lipinski definition) is 0. The van der Waals surface area contributed by atoms with Gasteiger partial charge in [0.1, 0.15) is 11.1 Å². The van der Waals surface area contributed by atoms with Crippen molar-refractivity contribution in [2.24, 2.45) is 0 Å². The van der Waals surface area contributed by atoms with Crippen LogP contribution < -0.4 is 0 Å². The van der Waals surface area contributed by atoms with Crippen molar-refractivity contribution in [2.45, 2.75) is 9.92 Å². The normalized spacial score (nSPS) is 9.75. The van der Waals surface area contributed by atoms with Crippen LogP contribution in [0.15, 0.2) is 52.5 Å². The van der Waals surface area contributed by atoms with Crippen molar-refractivity contribution in [1.29, 1.82) is 5.26 Å². The van der Waals surface area contributed by atoms with Gasteiger partial charge in [-0.25, -0.2) is 4.98 Å². The number of hydrogen-bond acceptors (Lipinski definition) is 3. The molecule has 0 fully saturated rings. The minimum absolute atomic E-state index is 0.571. The summed E-state index contributed by atoms with van der Waals surface area (Å²) in [5, 5.41) is 10.4. The zero-order valence-electron chi connectivity index (χ0n) is 8.22. The van der Waals surface area contributed by atoms with Crippen molar-refractivity contribution in [1.82, 2.24) is 4.98 Å². The van der Waals surface area contributed by atoms with E-state index in [4.69, 9.17) is 16.9 Å². The lowest BCUT2D eigenvalue weighted by molar-refractivity contribution is 1.13. The highest BCUT2D eigenvalue weighted by Crippen LogP contribution is 2.30. The molecule has 2 rings (SSSR count). The average Bonchev–Trinajstić information content (AvgIpc) is 2.33. The number of rotatable bonds is 2. The summed E-state index contributed by atoms with van der Waals surface area (Å²) in [4.78, 5) is 5.06. The molecular formula is C12H7ClN2S. The van der Waals surface area contributed by atoms with Crippen molar-refractivity contribution in [3.8, 4) is 6.07 Å². The topological polar surface area (TPSA) is 36.7 Å². The predicted octanol–water partition coefficient (Wildman–Crippen LogP) is 3.76. The monoisotopic (exact) mass is 246 g/mol. The molecule has 0 unspecified atom stereocenters. The van der Waals surface area contributed by atoms with Gasteiger partial charge >= 0.3 is 0 Å². The Kier molecular flexibility index (Phi) is 3.45. The molecule has 0 saturated carbocycles. The maximum absolute atomic E-state index is 8.98. The smallest absolute Gasteiger partial charge is 0.101 e. The number of nitriles is 1. The van der Waals surface area contributed by atoms with Gasteiger partial charge in [0.25, 0.3) is 0 Å². The highest BCUT2D eigenvalue weighted by atomic mass is 35.5. The molecule has 78 valence electrons. The molecule has 2 nitrogen and oxygen atoms in total. The molecule has 16 heavy (non-hydrogen) atoms. The zero-order chi connectivity index (χ0) is 11.4. The van der Waals surface area contributed by atoms with E-state index in [1.807, 2.05) is 24.3 Å². The molecule has 4 heteroatoms. The molecule has 0 saturated heterocycles. The minimum atomic E-state index is 0.571. The summed E-state index contributed by atoms with van der Waals surface area (Å²) in [6, 6.07) is 13.1. The fourth-order valence-corrected chi connectivity index (χ4v) is 2.21. The molecule has 0 N–H and O–H groups in total. The van der Waals surface area contributed by atoms with Crippen LogP contribution in [-0.2, 0) is 0 Å². The molecule has 2 aromatic rings. The van der Waals surface area contributed by atoms with Crippen molar-refractivity contribution in [3.63, 3.8) is 0 Å². The van der Waals surface area contributed by atoms with E-state index in [-0.39, 0.29) is 0 Å². The summed E-state index contributed by atoms with van der Waals surface area (Å²) in [6.07, 6.45) is 1.73. The third kappa shape index (κ3) is 2.54. The second kappa shape index (κ2) is 5.02. The van der Waals surface area contributed by atoms with Gasteiger partial charge in [-0.05, 0) is 30.3 Å². The van der Waals surface area contributed by atoms with E-state index in [0.717, 1.165) is 9.92 Å². The highest BCUT2D eigenvalue weighted by molar-refractivity contribution is 7.99. The Morgan fingerprint density at radius 1 is 1.25 bits per heavy atom. The fraction of sp³-hybridized carbons (Fsp3) is 0. The zero-order valence-corrected chi connectivity index (χ0v) is 9.79. The quantitative estimate of drug-likeness (QED) is 0.810. The van der Waals surface area contributed by atoms with Crippen molar-refractivity contribution < 1.29 is 0 Å². The van der Waals surface area contributed by atoms with Crippen LogP contribution in [0.2, 0.25) is 5.02 Å². The summed E-state index contributed by atoms with van der Waals surface area (Å²) in [5.41, 5.74) is 0.572. The number of benzene rings is 1. The van der Waals surface area contributed by atoms with E-state index < -0.39 is 0 Å².